The summed E-state index contributed by atoms with van der Waals surface area (Å²) in [5.41, 5.74) is 6.25. The summed E-state index contributed by atoms with van der Waals surface area (Å²) >= 11 is 0. The Morgan fingerprint density at radius 2 is 2.04 bits per heavy atom. The molecule has 2 rings (SSSR count). The average molecular weight is 390 g/mol. The average Bonchev–Trinajstić information content (AvgIpc) is 3.02. The highest BCUT2D eigenvalue weighted by Crippen LogP contribution is 2.16. The first-order chi connectivity index (χ1) is 10.9. The second-order valence-electron chi connectivity index (χ2n) is 6.34. The Morgan fingerprint density at radius 3 is 2.64 bits per heavy atom. The first-order valence-corrected chi connectivity index (χ1v) is 7.59. The first kappa shape index (κ1) is 23.3. The number of hydrogen-bond donors (Lipinski definition) is 1. The van der Waals surface area contributed by atoms with Crippen molar-refractivity contribution >= 4 is 30.7 Å². The third kappa shape index (κ3) is 6.97. The van der Waals surface area contributed by atoms with Gasteiger partial charge in [-0.15, -0.1) is 24.8 Å². The molecule has 0 bridgehead atoms. The van der Waals surface area contributed by atoms with Crippen LogP contribution in [0.4, 0.5) is 0 Å². The first-order valence-electron chi connectivity index (χ1n) is 7.59. The van der Waals surface area contributed by atoms with Crippen LogP contribution < -0.4 is 5.73 Å². The molecule has 0 saturated carbocycles. The van der Waals surface area contributed by atoms with E-state index in [1.807, 2.05) is 32.0 Å². The van der Waals surface area contributed by atoms with Gasteiger partial charge < -0.3 is 15.2 Å². The summed E-state index contributed by atoms with van der Waals surface area (Å²) in [6, 6.07) is 5.49. The summed E-state index contributed by atoms with van der Waals surface area (Å²) in [7, 11) is 1.78. The van der Waals surface area contributed by atoms with Crippen molar-refractivity contribution in [2.75, 3.05) is 20.1 Å². The second-order valence-corrected chi connectivity index (χ2v) is 6.34. The van der Waals surface area contributed by atoms with Gasteiger partial charge in [0.05, 0.1) is 0 Å². The minimum absolute atomic E-state index is 0. The van der Waals surface area contributed by atoms with Crippen LogP contribution in [-0.4, -0.2) is 46.1 Å². The molecule has 0 aliphatic rings. The molecule has 7 nitrogen and oxygen atoms in total. The van der Waals surface area contributed by atoms with E-state index in [-0.39, 0.29) is 36.1 Å². The monoisotopic (exact) mass is 389 g/mol. The number of rotatable bonds is 7. The van der Waals surface area contributed by atoms with Crippen molar-refractivity contribution in [3.63, 3.8) is 0 Å². The number of nitrogens with two attached hydrogens (primary N) is 1. The maximum absolute atomic E-state index is 12.2. The Bertz CT molecular complexity index is 649. The lowest BCUT2D eigenvalue weighted by Crippen LogP contribution is -2.39. The van der Waals surface area contributed by atoms with Gasteiger partial charge in [-0.3, -0.25) is 9.78 Å². The standard InChI is InChI=1S/C16H23N5O2.2ClH/c1-16(2,10-17)11-21(3)14(22)8-7-13-19-15(20-23-13)12-6-4-5-9-18-12;;/h4-6,9H,7-8,10-11,17H2,1-3H3;2*1H. The molecular weight excluding hydrogens is 365 g/mol. The fraction of sp³-hybridized carbons (Fsp3) is 0.500. The number of pyridine rings is 1. The van der Waals surface area contributed by atoms with Crippen LogP contribution >= 0.6 is 24.8 Å². The van der Waals surface area contributed by atoms with E-state index >= 15 is 0 Å². The van der Waals surface area contributed by atoms with Crippen LogP contribution in [0.15, 0.2) is 28.9 Å². The Morgan fingerprint density at radius 1 is 1.32 bits per heavy atom. The van der Waals surface area contributed by atoms with Crippen LogP contribution in [0.5, 0.6) is 0 Å². The summed E-state index contributed by atoms with van der Waals surface area (Å²) in [6.45, 7) is 5.22. The molecule has 0 spiro atoms. The van der Waals surface area contributed by atoms with Crippen molar-refractivity contribution in [1.82, 2.24) is 20.0 Å². The van der Waals surface area contributed by atoms with E-state index in [1.54, 1.807) is 18.1 Å². The summed E-state index contributed by atoms with van der Waals surface area (Å²) in [5.74, 6) is 0.903. The molecule has 0 unspecified atom stereocenters. The number of nitrogens with zero attached hydrogens (tertiary/aromatic N) is 4. The van der Waals surface area contributed by atoms with Gasteiger partial charge in [-0.2, -0.15) is 4.98 Å². The zero-order valence-electron chi connectivity index (χ0n) is 14.6. The van der Waals surface area contributed by atoms with Gasteiger partial charge in [0.15, 0.2) is 0 Å². The highest BCUT2D eigenvalue weighted by molar-refractivity contribution is 5.85. The molecule has 0 fully saturated rings. The quantitative estimate of drug-likeness (QED) is 0.779. The molecule has 140 valence electrons. The van der Waals surface area contributed by atoms with E-state index < -0.39 is 0 Å². The predicted octanol–water partition coefficient (Wildman–Crippen LogP) is 2.35. The minimum atomic E-state index is -0.0962. The molecule has 25 heavy (non-hydrogen) atoms. The Hall–Kier alpha value is -1.70. The van der Waals surface area contributed by atoms with E-state index in [0.29, 0.717) is 43.3 Å². The van der Waals surface area contributed by atoms with Crippen LogP contribution in [0.3, 0.4) is 0 Å². The van der Waals surface area contributed by atoms with E-state index in [0.717, 1.165) is 0 Å². The number of aromatic nitrogens is 3. The van der Waals surface area contributed by atoms with Gasteiger partial charge in [0.1, 0.15) is 5.69 Å². The lowest BCUT2D eigenvalue weighted by Gasteiger charge is -2.29. The number of aryl methyl sites for hydroxylation is 1. The molecule has 2 heterocycles. The summed E-state index contributed by atoms with van der Waals surface area (Å²) in [6.07, 6.45) is 2.40. The van der Waals surface area contributed by atoms with Crippen LogP contribution in [0, 0.1) is 5.41 Å². The van der Waals surface area contributed by atoms with Gasteiger partial charge >= 0.3 is 0 Å². The lowest BCUT2D eigenvalue weighted by atomic mass is 9.93. The third-order valence-corrected chi connectivity index (χ3v) is 3.56. The number of halogens is 2. The Kier molecular flexibility index (Phi) is 9.62. The van der Waals surface area contributed by atoms with Crippen molar-refractivity contribution in [2.24, 2.45) is 11.1 Å². The SMILES string of the molecule is CN(CC(C)(C)CN)C(=O)CCc1nc(-c2ccccn2)no1.Cl.Cl. The molecule has 0 aliphatic carbocycles. The summed E-state index contributed by atoms with van der Waals surface area (Å²) in [5, 5.41) is 3.89. The Labute approximate surface area is 160 Å². The molecule has 9 heteroatoms. The fourth-order valence-corrected chi connectivity index (χ4v) is 2.15. The molecule has 0 aliphatic heterocycles. The van der Waals surface area contributed by atoms with Crippen molar-refractivity contribution in [2.45, 2.75) is 26.7 Å². The van der Waals surface area contributed by atoms with E-state index in [4.69, 9.17) is 10.3 Å². The molecule has 0 radical (unpaired) electrons. The fourth-order valence-electron chi connectivity index (χ4n) is 2.15. The van der Waals surface area contributed by atoms with Crippen LogP contribution in [0.2, 0.25) is 0 Å². The zero-order chi connectivity index (χ0) is 16.9. The second kappa shape index (κ2) is 10.3. The normalized spacial score (nSPS) is 10.6. The summed E-state index contributed by atoms with van der Waals surface area (Å²) < 4.78 is 5.18. The predicted molar refractivity (Wildman–Crippen MR) is 101 cm³/mol. The summed E-state index contributed by atoms with van der Waals surface area (Å²) in [4.78, 5) is 22.3. The number of hydrogen-bond acceptors (Lipinski definition) is 6. The van der Waals surface area contributed by atoms with Gasteiger partial charge in [0.2, 0.25) is 17.6 Å². The Balaban J connectivity index is 0.00000288. The molecule has 2 aromatic rings. The lowest BCUT2D eigenvalue weighted by molar-refractivity contribution is -0.131. The van der Waals surface area contributed by atoms with Gasteiger partial charge in [0.25, 0.3) is 0 Å². The smallest absolute Gasteiger partial charge is 0.227 e. The maximum atomic E-state index is 12.2. The highest BCUT2D eigenvalue weighted by atomic mass is 35.5. The zero-order valence-corrected chi connectivity index (χ0v) is 16.3. The minimum Gasteiger partial charge on any atom is -0.345 e. The number of carbonyl (C=O) groups is 1. The van der Waals surface area contributed by atoms with Crippen molar-refractivity contribution in [3.8, 4) is 11.5 Å². The molecule has 0 saturated heterocycles. The highest BCUT2D eigenvalue weighted by Gasteiger charge is 2.21. The molecular formula is C16H25Cl2N5O2. The largest absolute Gasteiger partial charge is 0.345 e. The molecule has 0 atom stereocenters. The molecule has 0 aromatic carbocycles. The van der Waals surface area contributed by atoms with Crippen LogP contribution in [0.1, 0.15) is 26.2 Å². The molecule has 2 aromatic heterocycles. The number of amides is 1. The van der Waals surface area contributed by atoms with Crippen molar-refractivity contribution in [1.29, 1.82) is 0 Å². The van der Waals surface area contributed by atoms with E-state index in [9.17, 15) is 4.79 Å². The maximum Gasteiger partial charge on any atom is 0.227 e. The molecule has 2 N–H and O–H groups in total. The number of carbonyl (C=O) groups excluding carboxylic acids is 1. The van der Waals surface area contributed by atoms with Gasteiger partial charge in [-0.05, 0) is 24.1 Å². The topological polar surface area (TPSA) is 98.1 Å². The van der Waals surface area contributed by atoms with Crippen LogP contribution in [0.25, 0.3) is 11.5 Å². The molecule has 1 amide bonds. The van der Waals surface area contributed by atoms with Crippen molar-refractivity contribution in [3.05, 3.63) is 30.3 Å². The van der Waals surface area contributed by atoms with Gasteiger partial charge in [0, 0.05) is 32.6 Å². The van der Waals surface area contributed by atoms with E-state index in [1.165, 1.54) is 0 Å². The van der Waals surface area contributed by atoms with Gasteiger partial charge in [-0.25, -0.2) is 0 Å². The third-order valence-electron chi connectivity index (χ3n) is 3.56. The van der Waals surface area contributed by atoms with E-state index in [2.05, 4.69) is 15.1 Å². The van der Waals surface area contributed by atoms with Gasteiger partial charge in [-0.1, -0.05) is 25.1 Å². The van der Waals surface area contributed by atoms with Crippen LogP contribution in [-0.2, 0) is 11.2 Å². The van der Waals surface area contributed by atoms with Crippen molar-refractivity contribution < 1.29 is 9.32 Å².